The predicted octanol–water partition coefficient (Wildman–Crippen LogP) is 4.13. The molecule has 0 radical (unpaired) electrons. The Labute approximate surface area is 200 Å². The number of hydrogen-bond acceptors (Lipinski definition) is 8. The lowest BCUT2D eigenvalue weighted by molar-refractivity contribution is 0.374. The van der Waals surface area contributed by atoms with Crippen LogP contribution in [0.25, 0.3) is 22.4 Å². The van der Waals surface area contributed by atoms with E-state index in [-0.39, 0.29) is 18.0 Å². The summed E-state index contributed by atoms with van der Waals surface area (Å²) in [6.45, 7) is 2.98. The third-order valence-electron chi connectivity index (χ3n) is 5.52. The number of hydrogen-bond donors (Lipinski definition) is 1. The molecule has 1 aromatic carbocycles. The van der Waals surface area contributed by atoms with E-state index in [1.165, 1.54) is 20.3 Å². The number of nitrogens with zero attached hydrogens (tertiary/aromatic N) is 7. The molecule has 0 saturated heterocycles. The van der Waals surface area contributed by atoms with Gasteiger partial charge in [-0.3, -0.25) is 9.67 Å². The zero-order chi connectivity index (χ0) is 24.4. The summed E-state index contributed by atoms with van der Waals surface area (Å²) in [6.07, 6.45) is 8.68. The van der Waals surface area contributed by atoms with E-state index in [4.69, 9.17) is 19.4 Å². The van der Waals surface area contributed by atoms with Crippen molar-refractivity contribution in [2.45, 2.75) is 20.0 Å². The molecule has 10 nitrogen and oxygen atoms in total. The van der Waals surface area contributed by atoms with Crippen molar-refractivity contribution in [1.29, 1.82) is 0 Å². The average Bonchev–Trinajstić information content (AvgIpc) is 3.59. The van der Waals surface area contributed by atoms with Gasteiger partial charge in [-0.2, -0.15) is 5.10 Å². The maximum Gasteiger partial charge on any atom is 0.188 e. The summed E-state index contributed by atoms with van der Waals surface area (Å²) in [5, 5.41) is 4.31. The highest BCUT2D eigenvalue weighted by Gasteiger charge is 2.22. The molecule has 11 heteroatoms. The van der Waals surface area contributed by atoms with Crippen LogP contribution in [-0.4, -0.2) is 48.9 Å². The summed E-state index contributed by atoms with van der Waals surface area (Å²) in [5.41, 5.74) is 2.74. The molecular formula is C24H23FN8O2. The first-order chi connectivity index (χ1) is 17.1. The molecule has 0 aliphatic carbocycles. The zero-order valence-electron chi connectivity index (χ0n) is 19.4. The second-order valence-electron chi connectivity index (χ2n) is 7.64. The van der Waals surface area contributed by atoms with Crippen molar-refractivity contribution in [2.75, 3.05) is 19.1 Å². The van der Waals surface area contributed by atoms with E-state index >= 15 is 4.39 Å². The number of benzene rings is 1. The zero-order valence-corrected chi connectivity index (χ0v) is 19.4. The highest BCUT2D eigenvalue weighted by atomic mass is 19.1. The molecule has 0 atom stereocenters. The number of ether oxygens (including phenoxy) is 2. The molecule has 4 aromatic heterocycles. The fourth-order valence-electron chi connectivity index (χ4n) is 3.69. The molecule has 0 spiro atoms. The van der Waals surface area contributed by atoms with Crippen LogP contribution >= 0.6 is 0 Å². The number of aromatic nitrogens is 7. The fourth-order valence-corrected chi connectivity index (χ4v) is 3.69. The maximum atomic E-state index is 15.5. The molecule has 5 aromatic rings. The summed E-state index contributed by atoms with van der Waals surface area (Å²) in [5.74, 6) is 1.03. The van der Waals surface area contributed by atoms with Gasteiger partial charge in [0.25, 0.3) is 0 Å². The summed E-state index contributed by atoms with van der Waals surface area (Å²) in [7, 11) is 2.92. The van der Waals surface area contributed by atoms with E-state index < -0.39 is 5.82 Å². The molecule has 178 valence electrons. The van der Waals surface area contributed by atoms with Crippen LogP contribution in [0.1, 0.15) is 12.7 Å². The topological polar surface area (TPSA) is 107 Å². The van der Waals surface area contributed by atoms with Crippen molar-refractivity contribution in [3.63, 3.8) is 0 Å². The van der Waals surface area contributed by atoms with Gasteiger partial charge in [0.15, 0.2) is 17.2 Å². The first kappa shape index (κ1) is 22.3. The number of halogens is 1. The van der Waals surface area contributed by atoms with E-state index in [0.717, 1.165) is 12.1 Å². The predicted molar refractivity (Wildman–Crippen MR) is 128 cm³/mol. The lowest BCUT2D eigenvalue weighted by Gasteiger charge is -2.25. The second-order valence-corrected chi connectivity index (χ2v) is 7.64. The molecule has 0 saturated carbocycles. The highest BCUT2D eigenvalue weighted by molar-refractivity contribution is 5.77. The van der Waals surface area contributed by atoms with Crippen molar-refractivity contribution in [3.05, 3.63) is 66.9 Å². The van der Waals surface area contributed by atoms with Crippen molar-refractivity contribution < 1.29 is 13.9 Å². The van der Waals surface area contributed by atoms with Gasteiger partial charge in [0.2, 0.25) is 0 Å². The Hall–Kier alpha value is -4.54. The summed E-state index contributed by atoms with van der Waals surface area (Å²) < 4.78 is 27.9. The van der Waals surface area contributed by atoms with Crippen molar-refractivity contribution in [3.8, 4) is 22.8 Å². The van der Waals surface area contributed by atoms with Crippen LogP contribution in [0.4, 0.5) is 15.9 Å². The molecule has 35 heavy (non-hydrogen) atoms. The SMILES string of the molecule is CCn1cc(-c2cnc3ccc(N(Cc4ncc[nH]4)c4cc(OC)cc(OC)c4F)nc3n2)cn1. The summed E-state index contributed by atoms with van der Waals surface area (Å²) in [6, 6.07) is 6.65. The monoisotopic (exact) mass is 474 g/mol. The van der Waals surface area contributed by atoms with Gasteiger partial charge in [-0.15, -0.1) is 0 Å². The smallest absolute Gasteiger partial charge is 0.188 e. The Kier molecular flexibility index (Phi) is 5.96. The number of pyridine rings is 1. The van der Waals surface area contributed by atoms with Gasteiger partial charge in [-0.1, -0.05) is 0 Å². The Morgan fingerprint density at radius 1 is 1.09 bits per heavy atom. The molecule has 0 bridgehead atoms. The lowest BCUT2D eigenvalue weighted by Crippen LogP contribution is -2.20. The normalized spacial score (nSPS) is 11.1. The van der Waals surface area contributed by atoms with Crippen LogP contribution in [-0.2, 0) is 13.1 Å². The minimum atomic E-state index is -0.548. The average molecular weight is 475 g/mol. The number of H-pyrrole nitrogens is 1. The number of nitrogens with one attached hydrogen (secondary N) is 1. The minimum Gasteiger partial charge on any atom is -0.497 e. The van der Waals surface area contributed by atoms with Crippen molar-refractivity contribution in [1.82, 2.24) is 34.7 Å². The third-order valence-corrected chi connectivity index (χ3v) is 5.52. The van der Waals surface area contributed by atoms with Crippen LogP contribution in [0, 0.1) is 5.82 Å². The molecule has 4 heterocycles. The van der Waals surface area contributed by atoms with E-state index in [0.29, 0.717) is 34.2 Å². The lowest BCUT2D eigenvalue weighted by atomic mass is 10.2. The molecule has 1 N–H and O–H groups in total. The molecule has 5 rings (SSSR count). The van der Waals surface area contributed by atoms with Gasteiger partial charge in [-0.05, 0) is 19.1 Å². The number of anilines is 2. The first-order valence-electron chi connectivity index (χ1n) is 10.9. The molecule has 0 fully saturated rings. The van der Waals surface area contributed by atoms with Crippen molar-refractivity contribution >= 4 is 22.7 Å². The number of rotatable bonds is 8. The van der Waals surface area contributed by atoms with Gasteiger partial charge >= 0.3 is 0 Å². The Morgan fingerprint density at radius 3 is 2.69 bits per heavy atom. The Bertz CT molecular complexity index is 1470. The summed E-state index contributed by atoms with van der Waals surface area (Å²) in [4.78, 5) is 23.0. The number of methoxy groups -OCH3 is 2. The van der Waals surface area contributed by atoms with E-state index in [1.54, 1.807) is 47.9 Å². The Balaban J connectivity index is 1.63. The highest BCUT2D eigenvalue weighted by Crippen LogP contribution is 2.37. The van der Waals surface area contributed by atoms with Gasteiger partial charge in [0.1, 0.15) is 22.9 Å². The van der Waals surface area contributed by atoms with Crippen LogP contribution in [0.15, 0.2) is 55.2 Å². The van der Waals surface area contributed by atoms with Crippen LogP contribution in [0.2, 0.25) is 0 Å². The number of fused-ring (bicyclic) bond motifs is 1. The molecule has 0 unspecified atom stereocenters. The van der Waals surface area contributed by atoms with E-state index in [2.05, 4.69) is 20.1 Å². The van der Waals surface area contributed by atoms with Crippen molar-refractivity contribution in [2.24, 2.45) is 0 Å². The quantitative estimate of drug-likeness (QED) is 0.358. The molecule has 0 aliphatic heterocycles. The standard InChI is InChI=1S/C24H23FN8O2/c1-4-32-13-15(11-29-32)18-12-28-17-5-6-22(31-24(17)30-18)33(14-21-26-7-8-27-21)19-9-16(34-2)10-20(35-3)23(19)25/h5-13H,4,14H2,1-3H3,(H,26,27). The number of imidazole rings is 1. The second kappa shape index (κ2) is 9.37. The van der Waals surface area contributed by atoms with Crippen LogP contribution < -0.4 is 14.4 Å². The summed E-state index contributed by atoms with van der Waals surface area (Å²) >= 11 is 0. The van der Waals surface area contributed by atoms with Gasteiger partial charge in [-0.25, -0.2) is 19.3 Å². The van der Waals surface area contributed by atoms with E-state index in [9.17, 15) is 0 Å². The molecule has 0 aliphatic rings. The fraction of sp³-hybridized carbons (Fsp3) is 0.208. The van der Waals surface area contributed by atoms with Crippen LogP contribution in [0.3, 0.4) is 0 Å². The number of aromatic amines is 1. The van der Waals surface area contributed by atoms with Gasteiger partial charge in [0.05, 0.1) is 44.5 Å². The largest absolute Gasteiger partial charge is 0.497 e. The third kappa shape index (κ3) is 4.35. The first-order valence-corrected chi connectivity index (χ1v) is 10.9. The molecular weight excluding hydrogens is 451 g/mol. The molecule has 0 amide bonds. The minimum absolute atomic E-state index is 0.0552. The number of aryl methyl sites for hydroxylation is 1. The van der Waals surface area contributed by atoms with Crippen LogP contribution in [0.5, 0.6) is 11.5 Å². The van der Waals surface area contributed by atoms with Gasteiger partial charge < -0.3 is 19.4 Å². The van der Waals surface area contributed by atoms with Gasteiger partial charge in [0, 0.05) is 42.8 Å². The Morgan fingerprint density at radius 2 is 1.97 bits per heavy atom. The van der Waals surface area contributed by atoms with E-state index in [1.807, 2.05) is 17.8 Å². The maximum absolute atomic E-state index is 15.5.